The van der Waals surface area contributed by atoms with Gasteiger partial charge in [0.05, 0.1) is 5.70 Å². The van der Waals surface area contributed by atoms with Crippen molar-refractivity contribution in [3.8, 4) is 0 Å². The summed E-state index contributed by atoms with van der Waals surface area (Å²) in [6.07, 6.45) is 1.52. The van der Waals surface area contributed by atoms with E-state index in [-0.39, 0.29) is 69.2 Å². The summed E-state index contributed by atoms with van der Waals surface area (Å²) in [5.41, 5.74) is 1.89. The molecular weight excluding hydrogens is 378 g/mol. The molecule has 0 amide bonds. The Morgan fingerprint density at radius 3 is 1.76 bits per heavy atom. The predicted molar refractivity (Wildman–Crippen MR) is 82.5 cm³/mol. The summed E-state index contributed by atoms with van der Waals surface area (Å²) in [7, 11) is -3.47. The van der Waals surface area contributed by atoms with Crippen LogP contribution in [0.5, 0.6) is 0 Å². The van der Waals surface area contributed by atoms with E-state index < -0.39 is 7.75 Å². The van der Waals surface area contributed by atoms with Gasteiger partial charge in [0.1, 0.15) is 11.4 Å². The minimum Gasteiger partial charge on any atom is -1.00 e. The smallest absolute Gasteiger partial charge is 1.00 e. The summed E-state index contributed by atoms with van der Waals surface area (Å²) >= 11 is 0. The molecule has 0 aromatic rings. The van der Waals surface area contributed by atoms with Crippen LogP contribution in [0.15, 0.2) is 23.2 Å². The Bertz CT molecular complexity index is 697. The topological polar surface area (TPSA) is 124 Å². The van der Waals surface area contributed by atoms with Gasteiger partial charge in [-0.15, -0.1) is 0 Å². The van der Waals surface area contributed by atoms with Crippen LogP contribution in [-0.2, 0) is 14.2 Å². The zero-order valence-electron chi connectivity index (χ0n) is 15.1. The first kappa shape index (κ1) is 21.2. The van der Waals surface area contributed by atoms with Crippen LogP contribution in [0.25, 0.3) is 0 Å². The van der Waals surface area contributed by atoms with Crippen LogP contribution >= 0.6 is 7.75 Å². The summed E-state index contributed by atoms with van der Waals surface area (Å²) in [4.78, 5) is 46.1. The van der Waals surface area contributed by atoms with E-state index in [0.717, 1.165) is 46.3 Å². The number of Topliss-reactive ketones (excluding diaryl/α,β-unsaturated/α-hetero) is 1. The van der Waals surface area contributed by atoms with Crippen LogP contribution in [-0.4, -0.2) is 92.4 Å². The van der Waals surface area contributed by atoms with E-state index in [1.54, 1.807) is 0 Å². The van der Waals surface area contributed by atoms with E-state index in [1.165, 1.54) is 6.08 Å². The maximum absolute atomic E-state index is 12.4. The molecule has 12 heteroatoms. The van der Waals surface area contributed by atoms with Gasteiger partial charge in [-0.1, -0.05) is 4.83 Å². The van der Waals surface area contributed by atoms with Crippen molar-refractivity contribution in [2.45, 2.75) is 0 Å². The fraction of sp³-hybridized carbons (Fsp3) is 0.538. The van der Waals surface area contributed by atoms with Crippen LogP contribution in [0, 0.1) is 0 Å². The maximum atomic E-state index is 12.4. The van der Waals surface area contributed by atoms with Crippen molar-refractivity contribution in [2.24, 2.45) is 0 Å². The van der Waals surface area contributed by atoms with Gasteiger partial charge in [-0.05, 0) is 0 Å². The fourth-order valence-corrected chi connectivity index (χ4v) is 2.28. The minimum atomic E-state index is -4.35. The molecule has 0 unspecified atom stereocenters. The van der Waals surface area contributed by atoms with E-state index in [9.17, 15) is 14.2 Å². The molecule has 0 radical (unpaired) electrons. The van der Waals surface area contributed by atoms with Crippen molar-refractivity contribution in [2.75, 3.05) is 46.3 Å². The molecule has 10 nitrogen and oxygen atoms in total. The summed E-state index contributed by atoms with van der Waals surface area (Å²) in [5, 5.41) is 7.96. The van der Waals surface area contributed by atoms with Gasteiger partial charge >= 0.3 is 59.1 Å². The van der Waals surface area contributed by atoms with Crippen molar-refractivity contribution in [3.63, 3.8) is 0 Å². The molecule has 0 saturated carbocycles. The fourth-order valence-electron chi connectivity index (χ4n) is 2.28. The van der Waals surface area contributed by atoms with Crippen molar-refractivity contribution >= 4 is 19.3 Å². The monoisotopic (exact) mass is 398 g/mol. The van der Waals surface area contributed by atoms with Crippen molar-refractivity contribution in [1.29, 1.82) is 0 Å². The number of rotatable bonds is 4. The Morgan fingerprint density at radius 2 is 1.40 bits per heavy atom. The van der Waals surface area contributed by atoms with Gasteiger partial charge in [-0.3, -0.25) is 9.59 Å². The van der Waals surface area contributed by atoms with E-state index in [0.29, 0.717) is 17.1 Å². The molecule has 3 saturated heterocycles. The first-order chi connectivity index (χ1) is 11.2. The number of nitrogens with zero attached hydrogens (tertiary/aromatic N) is 4. The predicted octanol–water partition coefficient (Wildman–Crippen LogP) is -4.30. The molecule has 4 rings (SSSR count). The summed E-state index contributed by atoms with van der Waals surface area (Å²) < 4.78 is 9.70. The number of carbonyl (C=O) groups excluding carboxylic acids is 2. The summed E-state index contributed by atoms with van der Waals surface area (Å²) in [5.74, 6) is 0.0485. The van der Waals surface area contributed by atoms with Crippen molar-refractivity contribution in [1.82, 2.24) is 19.5 Å². The summed E-state index contributed by atoms with van der Waals surface area (Å²) in [6.45, 7) is 5.41. The van der Waals surface area contributed by atoms with Crippen LogP contribution < -0.4 is 51.4 Å². The van der Waals surface area contributed by atoms with Gasteiger partial charge in [-0.25, -0.2) is 4.57 Å². The third-order valence-corrected chi connectivity index (χ3v) is 4.62. The van der Waals surface area contributed by atoms with E-state index in [1.807, 2.05) is 14.7 Å². The Hall–Kier alpha value is -0.0736. The second kappa shape index (κ2) is 7.89. The minimum absolute atomic E-state index is 0. The van der Waals surface area contributed by atoms with E-state index in [4.69, 9.17) is 15.0 Å². The molecule has 3 N–H and O–H groups in total. The number of hydrogen-bond acceptors (Lipinski definition) is 7. The Kier molecular flexibility index (Phi) is 6.70. The molecule has 0 spiro atoms. The zero-order chi connectivity index (χ0) is 17.6. The Balaban J connectivity index is 0.000000330. The quantitative estimate of drug-likeness (QED) is 0.141. The Morgan fingerprint density at radius 1 is 1.00 bits per heavy atom. The number of allylic oxidation sites excluding steroid dienone is 1. The van der Waals surface area contributed by atoms with Gasteiger partial charge in [-0.2, -0.15) is 0 Å². The van der Waals surface area contributed by atoms with E-state index >= 15 is 0 Å². The molecule has 0 atom stereocenters. The third kappa shape index (κ3) is 5.22. The van der Waals surface area contributed by atoms with Crippen LogP contribution in [0.4, 0.5) is 0 Å². The average molecular weight is 398 g/mol. The Labute approximate surface area is 188 Å². The first-order valence-corrected chi connectivity index (χ1v) is 9.05. The zero-order valence-corrected chi connectivity index (χ0v) is 18.1. The van der Waals surface area contributed by atoms with Crippen LogP contribution in [0.1, 0.15) is 1.43 Å². The number of carbonyl (C=O) groups is 2. The molecule has 25 heavy (non-hydrogen) atoms. The molecule has 0 aromatic heterocycles. The summed E-state index contributed by atoms with van der Waals surface area (Å²) in [6, 6.07) is 0. The van der Waals surface area contributed by atoms with Crippen molar-refractivity contribution in [3.05, 3.63) is 23.2 Å². The molecule has 3 heterocycles. The van der Waals surface area contributed by atoms with Gasteiger partial charge in [0, 0.05) is 52.4 Å². The average Bonchev–Trinajstić information content (AvgIpc) is 3.36. The second-order valence-corrected chi connectivity index (χ2v) is 7.49. The number of hydrogen-bond donors (Lipinski definition) is 3. The maximum Gasteiger partial charge on any atom is 1.00 e. The molecule has 4 aliphatic rings. The molecule has 0 bridgehead atoms. The number of ketones is 2. The molecular formula is C13H20KN4O6P. The van der Waals surface area contributed by atoms with Crippen LogP contribution in [0.2, 0.25) is 0 Å². The molecule has 3 fully saturated rings. The molecule has 1 aliphatic carbocycles. The van der Waals surface area contributed by atoms with E-state index in [2.05, 4.69) is 0 Å². The third-order valence-electron chi connectivity index (χ3n) is 3.87. The van der Waals surface area contributed by atoms with Crippen molar-refractivity contribution < 1.29 is 82.0 Å². The van der Waals surface area contributed by atoms with Gasteiger partial charge < -0.3 is 31.1 Å². The largest absolute Gasteiger partial charge is 1.00 e. The SMILES string of the molecule is CN(O)P(=O)(O)O.O=C1C=C(N2CC2)C(=O)C(N2CC2)=C1N1CC1.[H-].[K+]. The number of hydroxylamine groups is 1. The second-order valence-electron chi connectivity index (χ2n) is 5.88. The molecule has 134 valence electrons. The first-order valence-electron chi connectivity index (χ1n) is 7.48. The molecule has 0 aromatic carbocycles. The van der Waals surface area contributed by atoms with Gasteiger partial charge in [0.2, 0.25) is 11.6 Å². The molecule has 3 aliphatic heterocycles. The van der Waals surface area contributed by atoms with Gasteiger partial charge in [0.25, 0.3) is 0 Å². The van der Waals surface area contributed by atoms with Crippen LogP contribution in [0.3, 0.4) is 0 Å². The normalized spacial score (nSPS) is 21.6. The van der Waals surface area contributed by atoms with Gasteiger partial charge in [0.15, 0.2) is 0 Å². The standard InChI is InChI=1S/C12H13N3O2.CH6NO4P.K.H/c16-9-7-8(13-1-2-13)12(17)11(15-5-6-15)10(9)14-3-4-14;1-2(3)7(4,5)6;;/h7H,1-6H2;3H,1H3,(H2,4,5,6);;/q;;+1;-1.